The van der Waals surface area contributed by atoms with E-state index in [-0.39, 0.29) is 23.7 Å². The molecule has 1 aromatic carbocycles. The van der Waals surface area contributed by atoms with E-state index in [9.17, 15) is 26.7 Å². The molecule has 0 radical (unpaired) electrons. The average Bonchev–Trinajstić information content (AvgIpc) is 2.57. The van der Waals surface area contributed by atoms with Crippen LogP contribution in [0.15, 0.2) is 30.3 Å². The van der Waals surface area contributed by atoms with Crippen molar-refractivity contribution in [3.05, 3.63) is 47.0 Å². The summed E-state index contributed by atoms with van der Waals surface area (Å²) in [5, 5.41) is 0. The Hall–Kier alpha value is -2.91. The van der Waals surface area contributed by atoms with E-state index in [0.717, 1.165) is 4.90 Å². The van der Waals surface area contributed by atoms with Crippen molar-refractivity contribution in [3.8, 4) is 5.88 Å². The monoisotopic (exact) mass is 387 g/mol. The number of hydrogen-bond donors (Lipinski definition) is 1. The largest absolute Gasteiger partial charge is 0.463 e. The van der Waals surface area contributed by atoms with Crippen molar-refractivity contribution in [3.63, 3.8) is 0 Å². The van der Waals surface area contributed by atoms with Gasteiger partial charge in [-0.15, -0.1) is 0 Å². The summed E-state index contributed by atoms with van der Waals surface area (Å²) < 4.78 is 70.4. The Kier molecular flexibility index (Phi) is 4.66. The van der Waals surface area contributed by atoms with Gasteiger partial charge in [-0.3, -0.25) is 9.69 Å². The van der Waals surface area contributed by atoms with Gasteiger partial charge >= 0.3 is 6.18 Å². The summed E-state index contributed by atoms with van der Waals surface area (Å²) in [6, 6.07) is 5.96. The second-order valence-electron chi connectivity index (χ2n) is 5.97. The number of benzene rings is 1. The van der Waals surface area contributed by atoms with Gasteiger partial charge in [0.25, 0.3) is 12.3 Å². The van der Waals surface area contributed by atoms with E-state index in [1.54, 1.807) is 0 Å². The fraction of sp³-hybridized carbons (Fsp3) is 0.294. The lowest BCUT2D eigenvalue weighted by molar-refractivity contribution is -0.137. The summed E-state index contributed by atoms with van der Waals surface area (Å²) in [5.41, 5.74) is 4.00. The lowest BCUT2D eigenvalue weighted by atomic mass is 10.1. The van der Waals surface area contributed by atoms with Gasteiger partial charge in [0.05, 0.1) is 12.1 Å². The predicted molar refractivity (Wildman–Crippen MR) is 86.3 cm³/mol. The maximum atomic E-state index is 13.1. The maximum Gasteiger partial charge on any atom is 0.420 e. The molecule has 144 valence electrons. The molecule has 0 unspecified atom stereocenters. The highest BCUT2D eigenvalue weighted by atomic mass is 19.4. The topological polar surface area (TPSA) is 68.5 Å². The molecule has 27 heavy (non-hydrogen) atoms. The van der Waals surface area contributed by atoms with Crippen molar-refractivity contribution >= 4 is 17.4 Å². The van der Waals surface area contributed by atoms with Crippen molar-refractivity contribution in [2.24, 2.45) is 0 Å². The second kappa shape index (κ2) is 6.67. The Morgan fingerprint density at radius 1 is 1.30 bits per heavy atom. The van der Waals surface area contributed by atoms with E-state index < -0.39 is 36.0 Å². The number of nitrogen functional groups attached to an aromatic ring is 1. The molecule has 5 nitrogen and oxygen atoms in total. The predicted octanol–water partition coefficient (Wildman–Crippen LogP) is 3.93. The van der Waals surface area contributed by atoms with Crippen LogP contribution in [-0.2, 0) is 17.5 Å². The minimum absolute atomic E-state index is 0.219. The number of pyridine rings is 1. The van der Waals surface area contributed by atoms with Crippen molar-refractivity contribution < 1.29 is 31.5 Å². The van der Waals surface area contributed by atoms with E-state index in [4.69, 9.17) is 10.5 Å². The molecule has 1 amide bonds. The third kappa shape index (κ3) is 3.64. The lowest BCUT2D eigenvalue weighted by Gasteiger charge is -2.33. The van der Waals surface area contributed by atoms with Crippen LogP contribution in [0.2, 0.25) is 0 Å². The Balaban J connectivity index is 2.06. The van der Waals surface area contributed by atoms with Gasteiger partial charge in [-0.25, -0.2) is 8.78 Å². The molecule has 10 heteroatoms. The molecule has 3 rings (SSSR count). The van der Waals surface area contributed by atoms with Crippen LogP contribution in [0.5, 0.6) is 5.88 Å². The molecule has 0 bridgehead atoms. The van der Waals surface area contributed by atoms with Gasteiger partial charge in [0, 0.05) is 5.56 Å². The van der Waals surface area contributed by atoms with Crippen LogP contribution >= 0.6 is 0 Å². The molecule has 0 fully saturated rings. The molecule has 0 saturated heterocycles. The third-order valence-corrected chi connectivity index (χ3v) is 4.04. The van der Waals surface area contributed by atoms with E-state index in [1.807, 2.05) is 0 Å². The molecule has 2 heterocycles. The Morgan fingerprint density at radius 2 is 2.00 bits per heavy atom. The summed E-state index contributed by atoms with van der Waals surface area (Å²) in [7, 11) is 0. The first-order valence-corrected chi connectivity index (χ1v) is 7.80. The summed E-state index contributed by atoms with van der Waals surface area (Å²) >= 11 is 0. The highest BCUT2D eigenvalue weighted by molar-refractivity contribution is 5.99. The summed E-state index contributed by atoms with van der Waals surface area (Å²) in [6.07, 6.45) is -8.51. The lowest BCUT2D eigenvalue weighted by Crippen LogP contribution is -2.44. The van der Waals surface area contributed by atoms with Crippen LogP contribution in [0.3, 0.4) is 0 Å². The van der Waals surface area contributed by atoms with Gasteiger partial charge < -0.3 is 10.5 Å². The number of halogens is 5. The number of amides is 1. The molecule has 0 spiro atoms. The molecule has 1 aliphatic heterocycles. The van der Waals surface area contributed by atoms with Gasteiger partial charge in [-0.1, -0.05) is 18.2 Å². The Bertz CT molecular complexity index is 885. The molecule has 1 aromatic heterocycles. The molecule has 2 aromatic rings. The summed E-state index contributed by atoms with van der Waals surface area (Å²) in [4.78, 5) is 17.1. The van der Waals surface area contributed by atoms with E-state index in [0.29, 0.717) is 11.6 Å². The van der Waals surface area contributed by atoms with Crippen LogP contribution in [0, 0.1) is 0 Å². The standard InChI is InChI=1S/C17H14F5N3O2/c1-8-16(26)25(7-9-3-2-4-10(5-9)13(18)19)12-6-11(17(20,21)22)14(23)24-15(12)27-8/h2-6,8,13H,7H2,1H3,(H2,23,24)/t8-/m1/s1. The molecule has 1 aliphatic rings. The normalized spacial score (nSPS) is 17.1. The van der Waals surface area contributed by atoms with Gasteiger partial charge in [0.2, 0.25) is 5.88 Å². The number of hydrogen-bond acceptors (Lipinski definition) is 4. The highest BCUT2D eigenvalue weighted by Crippen LogP contribution is 2.41. The number of nitrogens with two attached hydrogens (primary N) is 1. The highest BCUT2D eigenvalue weighted by Gasteiger charge is 2.39. The number of ether oxygens (including phenoxy) is 1. The van der Waals surface area contributed by atoms with Gasteiger partial charge in [0.15, 0.2) is 6.10 Å². The van der Waals surface area contributed by atoms with Crippen molar-refractivity contribution in [2.75, 3.05) is 10.6 Å². The maximum absolute atomic E-state index is 13.1. The number of anilines is 2. The number of fused-ring (bicyclic) bond motifs is 1. The average molecular weight is 387 g/mol. The summed E-state index contributed by atoms with van der Waals surface area (Å²) in [6.45, 7) is 1.19. The number of rotatable bonds is 3. The first-order valence-electron chi connectivity index (χ1n) is 7.80. The molecule has 1 atom stereocenters. The number of carbonyl (C=O) groups excluding carboxylic acids is 1. The van der Waals surface area contributed by atoms with Crippen LogP contribution in [0.25, 0.3) is 0 Å². The van der Waals surface area contributed by atoms with Crippen LogP contribution in [0.1, 0.15) is 30.0 Å². The molecule has 2 N–H and O–H groups in total. The third-order valence-electron chi connectivity index (χ3n) is 4.04. The van der Waals surface area contributed by atoms with Gasteiger partial charge in [0.1, 0.15) is 11.5 Å². The number of alkyl halides is 5. The molecular weight excluding hydrogens is 373 g/mol. The number of aromatic nitrogens is 1. The quantitative estimate of drug-likeness (QED) is 0.811. The first kappa shape index (κ1) is 18.9. The van der Waals surface area contributed by atoms with E-state index in [1.165, 1.54) is 31.2 Å². The Morgan fingerprint density at radius 3 is 2.63 bits per heavy atom. The first-order chi connectivity index (χ1) is 12.6. The van der Waals surface area contributed by atoms with Gasteiger partial charge in [-0.2, -0.15) is 18.2 Å². The zero-order chi connectivity index (χ0) is 19.9. The molecule has 0 aliphatic carbocycles. The summed E-state index contributed by atoms with van der Waals surface area (Å²) in [5.74, 6) is -1.62. The van der Waals surface area contributed by atoms with Crippen molar-refractivity contribution in [1.29, 1.82) is 0 Å². The zero-order valence-corrected chi connectivity index (χ0v) is 13.9. The molecular formula is C17H14F5N3O2. The van der Waals surface area contributed by atoms with Crippen LogP contribution < -0.4 is 15.4 Å². The van der Waals surface area contributed by atoms with Crippen LogP contribution in [0.4, 0.5) is 33.5 Å². The fourth-order valence-corrected chi connectivity index (χ4v) is 2.74. The Labute approximate surface area is 150 Å². The minimum atomic E-state index is -4.78. The minimum Gasteiger partial charge on any atom is -0.463 e. The second-order valence-corrected chi connectivity index (χ2v) is 5.97. The smallest absolute Gasteiger partial charge is 0.420 e. The zero-order valence-electron chi connectivity index (χ0n) is 13.9. The van der Waals surface area contributed by atoms with Crippen LogP contribution in [-0.4, -0.2) is 17.0 Å². The number of nitrogens with zero attached hydrogens (tertiary/aromatic N) is 2. The SMILES string of the molecule is C[C@H]1Oc2nc(N)c(C(F)(F)F)cc2N(Cc2cccc(C(F)F)c2)C1=O. The number of carbonyl (C=O) groups is 1. The van der Waals surface area contributed by atoms with Crippen molar-refractivity contribution in [1.82, 2.24) is 4.98 Å². The van der Waals surface area contributed by atoms with Crippen molar-refractivity contribution in [2.45, 2.75) is 32.2 Å². The molecule has 0 saturated carbocycles. The van der Waals surface area contributed by atoms with E-state index in [2.05, 4.69) is 4.98 Å². The van der Waals surface area contributed by atoms with E-state index >= 15 is 0 Å². The van der Waals surface area contributed by atoms with Gasteiger partial charge in [-0.05, 0) is 24.6 Å². The fourth-order valence-electron chi connectivity index (χ4n) is 2.74.